The Hall–Kier alpha value is -1.71. The molecule has 1 saturated heterocycles. The Balaban J connectivity index is 1.81. The molecule has 0 unspecified atom stereocenters. The summed E-state index contributed by atoms with van der Waals surface area (Å²) >= 11 is 0. The number of methoxy groups -OCH3 is 1. The summed E-state index contributed by atoms with van der Waals surface area (Å²) in [5, 5.41) is 3.11. The van der Waals surface area contributed by atoms with E-state index in [1.54, 1.807) is 7.11 Å². The summed E-state index contributed by atoms with van der Waals surface area (Å²) in [6, 6.07) is 8.18. The Kier molecular flexibility index (Phi) is 6.10. The van der Waals surface area contributed by atoms with E-state index in [0.717, 1.165) is 44.6 Å². The second kappa shape index (κ2) is 8.06. The lowest BCUT2D eigenvalue weighted by molar-refractivity contribution is -0.124. The Bertz CT molecular complexity index is 490. The first-order chi connectivity index (χ1) is 10.6. The maximum absolute atomic E-state index is 12.0. The molecule has 22 heavy (non-hydrogen) atoms. The van der Waals surface area contributed by atoms with E-state index < -0.39 is 0 Å². The zero-order valence-electron chi connectivity index (χ0n) is 14.0. The van der Waals surface area contributed by atoms with Gasteiger partial charge in [0.1, 0.15) is 5.75 Å². The molecule has 1 heterocycles. The van der Waals surface area contributed by atoms with Crippen molar-refractivity contribution in [3.63, 3.8) is 0 Å². The molecule has 1 amide bonds. The summed E-state index contributed by atoms with van der Waals surface area (Å²) in [7, 11) is 1.69. The molecule has 1 aromatic rings. The van der Waals surface area contributed by atoms with E-state index >= 15 is 0 Å². The highest BCUT2D eigenvalue weighted by molar-refractivity contribution is 5.78. The zero-order chi connectivity index (χ0) is 15.9. The van der Waals surface area contributed by atoms with Crippen LogP contribution in [0.3, 0.4) is 0 Å². The zero-order valence-corrected chi connectivity index (χ0v) is 14.0. The van der Waals surface area contributed by atoms with Crippen LogP contribution in [0, 0.1) is 11.8 Å². The number of nitrogens with zero attached hydrogens (tertiary/aromatic N) is 1. The number of benzene rings is 1. The van der Waals surface area contributed by atoms with E-state index in [0.29, 0.717) is 5.92 Å². The van der Waals surface area contributed by atoms with Gasteiger partial charge in [0.25, 0.3) is 0 Å². The molecule has 122 valence electrons. The molecule has 4 nitrogen and oxygen atoms in total. The first-order valence-electron chi connectivity index (χ1n) is 8.30. The van der Waals surface area contributed by atoms with Crippen LogP contribution in [0.1, 0.15) is 33.1 Å². The summed E-state index contributed by atoms with van der Waals surface area (Å²) in [5.74, 6) is 1.74. The summed E-state index contributed by atoms with van der Waals surface area (Å²) in [6.45, 7) is 6.95. The number of amides is 1. The van der Waals surface area contributed by atoms with Crippen LogP contribution in [0.25, 0.3) is 0 Å². The summed E-state index contributed by atoms with van der Waals surface area (Å²) < 4.78 is 5.29. The lowest BCUT2D eigenvalue weighted by Gasteiger charge is -2.20. The number of rotatable bonds is 7. The number of ether oxygens (including phenoxy) is 1. The van der Waals surface area contributed by atoms with Crippen molar-refractivity contribution >= 4 is 11.6 Å². The third kappa shape index (κ3) is 4.39. The van der Waals surface area contributed by atoms with Crippen LogP contribution in [0.15, 0.2) is 24.3 Å². The minimum Gasteiger partial charge on any atom is -0.497 e. The van der Waals surface area contributed by atoms with Crippen molar-refractivity contribution in [2.24, 2.45) is 11.8 Å². The third-order valence-electron chi connectivity index (χ3n) is 4.44. The topological polar surface area (TPSA) is 41.6 Å². The molecule has 4 heteroatoms. The standard InChI is InChI=1S/C18H28N2O2/c1-4-6-14(2)18(21)19-12-15-9-10-20(13-15)16-7-5-8-17(11-16)22-3/h5,7-8,11,14-15H,4,6,9-10,12-13H2,1-3H3,(H,19,21)/t14-,15-/m1/s1. The van der Waals surface area contributed by atoms with Gasteiger partial charge in [0.05, 0.1) is 7.11 Å². The van der Waals surface area contributed by atoms with Crippen molar-refractivity contribution in [3.05, 3.63) is 24.3 Å². The minimum atomic E-state index is 0.126. The highest BCUT2D eigenvalue weighted by atomic mass is 16.5. The smallest absolute Gasteiger partial charge is 0.222 e. The van der Waals surface area contributed by atoms with Crippen molar-refractivity contribution < 1.29 is 9.53 Å². The molecule has 1 fully saturated rings. The molecule has 0 aliphatic carbocycles. The Morgan fingerprint density at radius 2 is 2.32 bits per heavy atom. The average molecular weight is 304 g/mol. The monoisotopic (exact) mass is 304 g/mol. The summed E-state index contributed by atoms with van der Waals surface area (Å²) in [4.78, 5) is 14.4. The molecule has 2 rings (SSSR count). The van der Waals surface area contributed by atoms with E-state index in [1.807, 2.05) is 19.1 Å². The molecule has 1 aliphatic heterocycles. The maximum Gasteiger partial charge on any atom is 0.222 e. The fourth-order valence-electron chi connectivity index (χ4n) is 3.02. The minimum absolute atomic E-state index is 0.126. The highest BCUT2D eigenvalue weighted by Crippen LogP contribution is 2.26. The molecule has 2 atom stereocenters. The van der Waals surface area contributed by atoms with Crippen LogP contribution in [0.5, 0.6) is 5.75 Å². The van der Waals surface area contributed by atoms with Crippen molar-refractivity contribution in [1.29, 1.82) is 0 Å². The molecule has 0 aromatic heterocycles. The normalized spacial score (nSPS) is 19.0. The summed E-state index contributed by atoms with van der Waals surface area (Å²) in [5.41, 5.74) is 1.20. The lowest BCUT2D eigenvalue weighted by atomic mass is 10.0. The van der Waals surface area contributed by atoms with Gasteiger partial charge in [-0.05, 0) is 30.9 Å². The third-order valence-corrected chi connectivity index (χ3v) is 4.44. The number of hydrogen-bond acceptors (Lipinski definition) is 3. The van der Waals surface area contributed by atoms with Crippen LogP contribution in [0.2, 0.25) is 0 Å². The van der Waals surface area contributed by atoms with Gasteiger partial charge >= 0.3 is 0 Å². The van der Waals surface area contributed by atoms with Crippen molar-refractivity contribution in [2.75, 3.05) is 31.6 Å². The van der Waals surface area contributed by atoms with Crippen molar-refractivity contribution in [1.82, 2.24) is 5.32 Å². The second-order valence-corrected chi connectivity index (χ2v) is 6.24. The number of anilines is 1. The fourth-order valence-corrected chi connectivity index (χ4v) is 3.02. The van der Waals surface area contributed by atoms with Gasteiger partial charge in [-0.3, -0.25) is 4.79 Å². The highest BCUT2D eigenvalue weighted by Gasteiger charge is 2.24. The van der Waals surface area contributed by atoms with Gasteiger partial charge in [-0.15, -0.1) is 0 Å². The van der Waals surface area contributed by atoms with Gasteiger partial charge < -0.3 is 15.0 Å². The first-order valence-corrected chi connectivity index (χ1v) is 8.30. The van der Waals surface area contributed by atoms with Crippen LogP contribution in [-0.2, 0) is 4.79 Å². The Labute approximate surface area is 133 Å². The molecular formula is C18H28N2O2. The van der Waals surface area contributed by atoms with Gasteiger partial charge in [0, 0.05) is 37.3 Å². The maximum atomic E-state index is 12.0. The van der Waals surface area contributed by atoms with Gasteiger partial charge in [-0.1, -0.05) is 26.3 Å². The molecule has 1 N–H and O–H groups in total. The van der Waals surface area contributed by atoms with E-state index in [-0.39, 0.29) is 11.8 Å². The van der Waals surface area contributed by atoms with E-state index in [2.05, 4.69) is 29.3 Å². The molecular weight excluding hydrogens is 276 g/mol. The molecule has 1 aromatic carbocycles. The van der Waals surface area contributed by atoms with Crippen molar-refractivity contribution in [2.45, 2.75) is 33.1 Å². The number of nitrogens with one attached hydrogen (secondary N) is 1. The molecule has 0 radical (unpaired) electrons. The first kappa shape index (κ1) is 16.7. The van der Waals surface area contributed by atoms with Crippen LogP contribution in [-0.4, -0.2) is 32.7 Å². The number of carbonyl (C=O) groups is 1. The van der Waals surface area contributed by atoms with Gasteiger partial charge in [-0.2, -0.15) is 0 Å². The molecule has 0 spiro atoms. The fraction of sp³-hybridized carbons (Fsp3) is 0.611. The largest absolute Gasteiger partial charge is 0.497 e. The Morgan fingerprint density at radius 3 is 3.05 bits per heavy atom. The average Bonchev–Trinajstić information content (AvgIpc) is 3.02. The SMILES string of the molecule is CCC[C@@H](C)C(=O)NC[C@H]1CCN(c2cccc(OC)c2)C1. The molecule has 0 saturated carbocycles. The molecule has 0 bridgehead atoms. The van der Waals surface area contributed by atoms with Crippen LogP contribution < -0.4 is 15.0 Å². The van der Waals surface area contributed by atoms with E-state index in [1.165, 1.54) is 5.69 Å². The van der Waals surface area contributed by atoms with E-state index in [9.17, 15) is 4.79 Å². The Morgan fingerprint density at radius 1 is 1.50 bits per heavy atom. The second-order valence-electron chi connectivity index (χ2n) is 6.24. The molecule has 1 aliphatic rings. The van der Waals surface area contributed by atoms with Crippen molar-refractivity contribution in [3.8, 4) is 5.75 Å². The predicted octanol–water partition coefficient (Wildman–Crippen LogP) is 3.07. The number of hydrogen-bond donors (Lipinski definition) is 1. The van der Waals surface area contributed by atoms with Crippen LogP contribution in [0.4, 0.5) is 5.69 Å². The van der Waals surface area contributed by atoms with E-state index in [4.69, 9.17) is 4.74 Å². The van der Waals surface area contributed by atoms with Gasteiger partial charge in [-0.25, -0.2) is 0 Å². The van der Waals surface area contributed by atoms with Gasteiger partial charge in [0.15, 0.2) is 0 Å². The predicted molar refractivity (Wildman–Crippen MR) is 90.4 cm³/mol. The number of carbonyl (C=O) groups excluding carboxylic acids is 1. The quantitative estimate of drug-likeness (QED) is 0.841. The lowest BCUT2D eigenvalue weighted by Crippen LogP contribution is -2.34. The van der Waals surface area contributed by atoms with Gasteiger partial charge in [0.2, 0.25) is 5.91 Å². The summed E-state index contributed by atoms with van der Waals surface area (Å²) in [6.07, 6.45) is 3.15. The van der Waals surface area contributed by atoms with Crippen LogP contribution >= 0.6 is 0 Å².